The van der Waals surface area contributed by atoms with Crippen LogP contribution in [0.25, 0.3) is 11.4 Å². The first-order valence-electron chi connectivity index (χ1n) is 13.3. The van der Waals surface area contributed by atoms with Gasteiger partial charge in [-0.2, -0.15) is 0 Å². The first kappa shape index (κ1) is 29.1. The quantitative estimate of drug-likeness (QED) is 0.273. The average molecular weight is 682 g/mol. The van der Waals surface area contributed by atoms with Crippen molar-refractivity contribution in [1.82, 2.24) is 29.9 Å². The second-order valence-corrected chi connectivity index (χ2v) is 12.2. The van der Waals surface area contributed by atoms with Gasteiger partial charge in [0.1, 0.15) is 38.2 Å². The molecule has 0 aromatic carbocycles. The van der Waals surface area contributed by atoms with E-state index in [0.29, 0.717) is 11.6 Å². The largest absolute Gasteiger partial charge is 0.384 e. The number of halogens is 2. The van der Waals surface area contributed by atoms with Crippen LogP contribution in [0.4, 0.5) is 23.3 Å². The Balaban J connectivity index is 0.000000133. The molecule has 12 heteroatoms. The van der Waals surface area contributed by atoms with Crippen LogP contribution in [-0.4, -0.2) is 56.1 Å². The lowest BCUT2D eigenvalue weighted by molar-refractivity contribution is 0.800. The van der Waals surface area contributed by atoms with Crippen molar-refractivity contribution in [3.8, 4) is 11.4 Å². The van der Waals surface area contributed by atoms with Crippen molar-refractivity contribution < 1.29 is 0 Å². The van der Waals surface area contributed by atoms with Crippen LogP contribution in [0, 0.1) is 23.7 Å². The van der Waals surface area contributed by atoms with E-state index in [1.807, 2.05) is 36.7 Å². The minimum absolute atomic E-state index is 0. The van der Waals surface area contributed by atoms with Crippen molar-refractivity contribution in [3.05, 3.63) is 70.4 Å². The lowest BCUT2D eigenvalue weighted by atomic mass is 10.3. The standard InChI is InChI=1S/C14H15N5.C9H10BrN3.C5H5BrN2.CH4/c15-13-3-1-2-11(18-13)12-5-17-14(6-16-12)19-7-9-4-10(9)8-19;10-8-2-12-9(3-11-8)13-4-6-1-7(6)5-13;6-4-2-1-3-5(7)8-4;/h1-3,5-6,9-10H,4,7-8H2,(H2,15,18);2-3,6-7H,1,4-5H2;1-3H,(H2,7,8);1H4. The van der Waals surface area contributed by atoms with Gasteiger partial charge in [0.25, 0.3) is 0 Å². The van der Waals surface area contributed by atoms with E-state index in [1.54, 1.807) is 24.5 Å². The average Bonchev–Trinajstić information content (AvgIpc) is 3.80. The molecule has 2 saturated heterocycles. The maximum atomic E-state index is 5.68. The molecule has 4 N–H and O–H groups in total. The molecule has 8 rings (SSSR count). The van der Waals surface area contributed by atoms with E-state index in [-0.39, 0.29) is 7.43 Å². The summed E-state index contributed by atoms with van der Waals surface area (Å²) in [5.41, 5.74) is 12.5. The fraction of sp³-hybridized carbons (Fsp3) is 0.379. The number of pyridine rings is 2. The van der Waals surface area contributed by atoms with Gasteiger partial charge in [0.2, 0.25) is 0 Å². The van der Waals surface area contributed by atoms with Crippen molar-refractivity contribution in [2.24, 2.45) is 23.7 Å². The maximum absolute atomic E-state index is 5.68. The van der Waals surface area contributed by atoms with Crippen LogP contribution < -0.4 is 21.3 Å². The van der Waals surface area contributed by atoms with Crippen LogP contribution in [0.2, 0.25) is 0 Å². The molecule has 4 aromatic heterocycles. The molecule has 0 bridgehead atoms. The zero-order valence-electron chi connectivity index (χ0n) is 21.8. The highest BCUT2D eigenvalue weighted by Crippen LogP contribution is 2.46. The Morgan fingerprint density at radius 3 is 1.56 bits per heavy atom. The minimum atomic E-state index is 0. The van der Waals surface area contributed by atoms with E-state index < -0.39 is 0 Å². The van der Waals surface area contributed by atoms with Crippen LogP contribution >= 0.6 is 31.9 Å². The molecule has 0 spiro atoms. The van der Waals surface area contributed by atoms with Crippen LogP contribution in [0.1, 0.15) is 20.3 Å². The lowest BCUT2D eigenvalue weighted by Crippen LogP contribution is -2.22. The van der Waals surface area contributed by atoms with E-state index in [2.05, 4.69) is 71.6 Å². The van der Waals surface area contributed by atoms with Gasteiger partial charge in [-0.3, -0.25) is 0 Å². The molecule has 2 aliphatic heterocycles. The number of fused-ring (bicyclic) bond motifs is 2. The van der Waals surface area contributed by atoms with Crippen LogP contribution in [0.15, 0.2) is 70.4 Å². The monoisotopic (exact) mass is 680 g/mol. The molecular weight excluding hydrogens is 648 g/mol. The lowest BCUT2D eigenvalue weighted by Gasteiger charge is -2.18. The van der Waals surface area contributed by atoms with Crippen molar-refractivity contribution in [2.75, 3.05) is 47.4 Å². The van der Waals surface area contributed by atoms with E-state index in [0.717, 1.165) is 69.0 Å². The molecule has 2 aliphatic carbocycles. The maximum Gasteiger partial charge on any atom is 0.147 e. The second-order valence-electron chi connectivity index (χ2n) is 10.6. The number of hydrogen-bond donors (Lipinski definition) is 2. The number of nitrogens with two attached hydrogens (primary N) is 2. The number of nitrogens with zero attached hydrogens (tertiary/aromatic N) is 8. The summed E-state index contributed by atoms with van der Waals surface area (Å²) in [6.07, 6.45) is 10.1. The van der Waals surface area contributed by atoms with Crippen LogP contribution in [0.3, 0.4) is 0 Å². The third kappa shape index (κ3) is 7.48. The smallest absolute Gasteiger partial charge is 0.147 e. The Bertz CT molecular complexity index is 1420. The number of hydrogen-bond acceptors (Lipinski definition) is 10. The van der Waals surface area contributed by atoms with Gasteiger partial charge in [-0.05, 0) is 92.6 Å². The Hall–Kier alpha value is -3.38. The Morgan fingerprint density at radius 2 is 1.12 bits per heavy atom. The number of anilines is 4. The van der Waals surface area contributed by atoms with Gasteiger partial charge in [-0.1, -0.05) is 19.6 Å². The molecular formula is C29H34Br2N10. The molecule has 214 valence electrons. The van der Waals surface area contributed by atoms with Gasteiger partial charge in [0, 0.05) is 26.2 Å². The molecule has 2 saturated carbocycles. The Labute approximate surface area is 257 Å². The van der Waals surface area contributed by atoms with Gasteiger partial charge in [-0.15, -0.1) is 0 Å². The predicted molar refractivity (Wildman–Crippen MR) is 170 cm³/mol. The normalized spacial score (nSPS) is 22.7. The summed E-state index contributed by atoms with van der Waals surface area (Å²) in [6.45, 7) is 4.63. The molecule has 4 fully saturated rings. The van der Waals surface area contributed by atoms with Crippen molar-refractivity contribution in [3.63, 3.8) is 0 Å². The summed E-state index contributed by atoms with van der Waals surface area (Å²) >= 11 is 6.45. The molecule has 4 aromatic rings. The fourth-order valence-corrected chi connectivity index (χ4v) is 5.84. The highest BCUT2D eigenvalue weighted by molar-refractivity contribution is 9.10. The number of rotatable bonds is 3. The summed E-state index contributed by atoms with van der Waals surface area (Å²) < 4.78 is 1.58. The molecule has 41 heavy (non-hydrogen) atoms. The highest BCUT2D eigenvalue weighted by atomic mass is 79.9. The van der Waals surface area contributed by atoms with E-state index in [4.69, 9.17) is 11.5 Å². The first-order valence-corrected chi connectivity index (χ1v) is 14.9. The van der Waals surface area contributed by atoms with Crippen LogP contribution in [0.5, 0.6) is 0 Å². The summed E-state index contributed by atoms with van der Waals surface area (Å²) in [7, 11) is 0. The van der Waals surface area contributed by atoms with Gasteiger partial charge < -0.3 is 21.3 Å². The third-order valence-corrected chi connectivity index (χ3v) is 8.47. The SMILES string of the molecule is Brc1cnc(N2CC3CC3C2)cn1.C.Nc1cccc(-c2cnc(N3CC4CC4C3)cn2)n1.Nc1cccc(Br)n1. The summed E-state index contributed by atoms with van der Waals surface area (Å²) in [6, 6.07) is 10.9. The molecule has 0 radical (unpaired) electrons. The summed E-state index contributed by atoms with van der Waals surface area (Å²) in [5.74, 6) is 6.74. The van der Waals surface area contributed by atoms with Crippen LogP contribution in [-0.2, 0) is 0 Å². The third-order valence-electron chi connectivity index (χ3n) is 7.62. The number of piperidine rings is 2. The van der Waals surface area contributed by atoms with E-state index in [1.165, 1.54) is 25.9 Å². The van der Waals surface area contributed by atoms with Gasteiger partial charge in [0.05, 0.1) is 30.5 Å². The predicted octanol–water partition coefficient (Wildman–Crippen LogP) is 5.33. The zero-order chi connectivity index (χ0) is 27.6. The topological polar surface area (TPSA) is 136 Å². The molecule has 0 amide bonds. The highest BCUT2D eigenvalue weighted by Gasteiger charge is 2.46. The minimum Gasteiger partial charge on any atom is -0.384 e. The van der Waals surface area contributed by atoms with Gasteiger partial charge in [-0.25, -0.2) is 29.9 Å². The van der Waals surface area contributed by atoms with E-state index in [9.17, 15) is 0 Å². The second kappa shape index (κ2) is 12.6. The Kier molecular flexibility index (Phi) is 8.98. The molecule has 4 atom stereocenters. The summed E-state index contributed by atoms with van der Waals surface area (Å²) in [5, 5.41) is 0. The van der Waals surface area contributed by atoms with Gasteiger partial charge >= 0.3 is 0 Å². The van der Waals surface area contributed by atoms with Crippen molar-refractivity contribution in [1.29, 1.82) is 0 Å². The van der Waals surface area contributed by atoms with E-state index >= 15 is 0 Å². The van der Waals surface area contributed by atoms with Crippen molar-refractivity contribution >= 4 is 55.1 Å². The molecule has 4 unspecified atom stereocenters. The Morgan fingerprint density at radius 1 is 0.585 bits per heavy atom. The van der Waals surface area contributed by atoms with Crippen molar-refractivity contribution in [2.45, 2.75) is 20.3 Å². The number of aromatic nitrogens is 6. The molecule has 4 aliphatic rings. The summed E-state index contributed by atoms with van der Waals surface area (Å²) in [4.78, 5) is 30.2. The fourth-order valence-electron chi connectivity index (χ4n) is 5.27. The molecule has 6 heterocycles. The molecule has 10 nitrogen and oxygen atoms in total. The zero-order valence-corrected chi connectivity index (χ0v) is 25.0. The van der Waals surface area contributed by atoms with Gasteiger partial charge in [0.15, 0.2) is 0 Å². The first-order chi connectivity index (χ1) is 19.4. The number of nitrogen functional groups attached to an aromatic ring is 2.